The fourth-order valence-electron chi connectivity index (χ4n) is 3.34. The molecule has 0 radical (unpaired) electrons. The van der Waals surface area contributed by atoms with Crippen LogP contribution in [0.4, 0.5) is 0 Å². The van der Waals surface area contributed by atoms with Crippen LogP contribution >= 0.6 is 0 Å². The van der Waals surface area contributed by atoms with E-state index in [0.29, 0.717) is 17.4 Å². The van der Waals surface area contributed by atoms with Gasteiger partial charge in [-0.2, -0.15) is 0 Å². The van der Waals surface area contributed by atoms with Gasteiger partial charge in [-0.05, 0) is 58.1 Å². The second kappa shape index (κ2) is 11.4. The van der Waals surface area contributed by atoms with Crippen molar-refractivity contribution in [3.05, 3.63) is 59.2 Å². The fourth-order valence-corrected chi connectivity index (χ4v) is 3.34. The minimum Gasteiger partial charge on any atom is -0.484 e. The summed E-state index contributed by atoms with van der Waals surface area (Å²) in [4.78, 5) is 24.3. The van der Waals surface area contributed by atoms with Crippen LogP contribution in [0.5, 0.6) is 11.5 Å². The molecular formula is C28H40N2O4. The van der Waals surface area contributed by atoms with Gasteiger partial charge in [-0.25, -0.2) is 0 Å². The van der Waals surface area contributed by atoms with E-state index in [2.05, 4.69) is 72.3 Å². The molecule has 0 heterocycles. The smallest absolute Gasteiger partial charge is 0.276 e. The van der Waals surface area contributed by atoms with E-state index in [-0.39, 0.29) is 24.0 Å². The maximum atomic E-state index is 12.2. The van der Waals surface area contributed by atoms with Crippen LogP contribution in [0.2, 0.25) is 0 Å². The lowest BCUT2D eigenvalue weighted by atomic mass is 9.80. The van der Waals surface area contributed by atoms with Crippen LogP contribution in [0.15, 0.2) is 42.5 Å². The van der Waals surface area contributed by atoms with Gasteiger partial charge in [0.1, 0.15) is 11.5 Å². The Hall–Kier alpha value is -3.02. The van der Waals surface area contributed by atoms with Crippen molar-refractivity contribution in [3.8, 4) is 11.5 Å². The average Bonchev–Trinajstić information content (AvgIpc) is 2.78. The fraction of sp³-hybridized carbons (Fsp3) is 0.500. The van der Waals surface area contributed by atoms with Gasteiger partial charge in [0.25, 0.3) is 11.8 Å². The number of hydrazine groups is 1. The minimum absolute atomic E-state index is 0.0121. The Labute approximate surface area is 204 Å². The summed E-state index contributed by atoms with van der Waals surface area (Å²) >= 11 is 0. The van der Waals surface area contributed by atoms with Crippen LogP contribution in [0.25, 0.3) is 0 Å². The molecule has 0 saturated heterocycles. The normalized spacial score (nSPS) is 12.6. The summed E-state index contributed by atoms with van der Waals surface area (Å²) in [6.45, 7) is 16.7. The van der Waals surface area contributed by atoms with Gasteiger partial charge < -0.3 is 9.47 Å². The number of benzene rings is 2. The molecule has 0 aliphatic carbocycles. The molecule has 0 aliphatic heterocycles. The first-order valence-corrected chi connectivity index (χ1v) is 11.9. The van der Waals surface area contributed by atoms with Crippen molar-refractivity contribution in [2.24, 2.45) is 0 Å². The lowest BCUT2D eigenvalue weighted by molar-refractivity contribution is -0.131. The van der Waals surface area contributed by atoms with Crippen molar-refractivity contribution < 1.29 is 19.1 Å². The highest BCUT2D eigenvalue weighted by Crippen LogP contribution is 2.35. The van der Waals surface area contributed by atoms with E-state index in [4.69, 9.17) is 9.47 Å². The number of rotatable bonds is 8. The molecule has 0 bridgehead atoms. The summed E-state index contributed by atoms with van der Waals surface area (Å²) in [5.74, 6) is 0.831. The van der Waals surface area contributed by atoms with Gasteiger partial charge in [-0.15, -0.1) is 0 Å². The number of hydrogen-bond donors (Lipinski definition) is 2. The Kier molecular flexibility index (Phi) is 9.14. The largest absolute Gasteiger partial charge is 0.484 e. The number of ether oxygens (including phenoxy) is 2. The number of carbonyl (C=O) groups is 2. The van der Waals surface area contributed by atoms with Crippen LogP contribution in [0, 0.1) is 0 Å². The molecule has 0 aromatic heterocycles. The predicted molar refractivity (Wildman–Crippen MR) is 136 cm³/mol. The van der Waals surface area contributed by atoms with E-state index < -0.39 is 11.8 Å². The van der Waals surface area contributed by atoms with Crippen molar-refractivity contribution in [1.82, 2.24) is 10.9 Å². The van der Waals surface area contributed by atoms with Crippen molar-refractivity contribution in [2.45, 2.75) is 78.6 Å². The molecule has 34 heavy (non-hydrogen) atoms. The topological polar surface area (TPSA) is 76.7 Å². The Bertz CT molecular complexity index is 969. The first-order chi connectivity index (χ1) is 15.8. The molecule has 0 aliphatic rings. The SMILES string of the molecule is CCC(C)c1ccc(OCC(=O)NNC(=O)COc2ccc(C(C)(C)C)cc2C(C)(C)C)cc1. The van der Waals surface area contributed by atoms with E-state index in [9.17, 15) is 9.59 Å². The highest BCUT2D eigenvalue weighted by molar-refractivity contribution is 5.83. The van der Waals surface area contributed by atoms with Crippen LogP contribution in [-0.2, 0) is 20.4 Å². The highest BCUT2D eigenvalue weighted by atomic mass is 16.5. The minimum atomic E-state index is -0.454. The number of hydrogen-bond acceptors (Lipinski definition) is 4. The molecule has 6 nitrogen and oxygen atoms in total. The average molecular weight is 469 g/mol. The first-order valence-electron chi connectivity index (χ1n) is 11.9. The van der Waals surface area contributed by atoms with Gasteiger partial charge in [-0.3, -0.25) is 20.4 Å². The quantitative estimate of drug-likeness (QED) is 0.509. The summed E-state index contributed by atoms with van der Waals surface area (Å²) in [5, 5.41) is 0. The van der Waals surface area contributed by atoms with Crippen LogP contribution in [0.1, 0.15) is 84.4 Å². The van der Waals surface area contributed by atoms with Crippen LogP contribution < -0.4 is 20.3 Å². The van der Waals surface area contributed by atoms with E-state index in [1.54, 1.807) is 0 Å². The second-order valence-electron chi connectivity index (χ2n) is 10.8. The molecule has 2 amide bonds. The third kappa shape index (κ3) is 8.08. The zero-order valence-corrected chi connectivity index (χ0v) is 21.9. The van der Waals surface area contributed by atoms with Gasteiger partial charge in [0.05, 0.1) is 0 Å². The maximum Gasteiger partial charge on any atom is 0.276 e. The Balaban J connectivity index is 1.84. The Morgan fingerprint density at radius 2 is 1.38 bits per heavy atom. The molecule has 2 N–H and O–H groups in total. The number of carbonyl (C=O) groups excluding carboxylic acids is 2. The molecule has 0 saturated carbocycles. The van der Waals surface area contributed by atoms with Gasteiger partial charge in [0, 0.05) is 0 Å². The summed E-state index contributed by atoms with van der Waals surface area (Å²) in [7, 11) is 0. The van der Waals surface area contributed by atoms with Crippen LogP contribution in [-0.4, -0.2) is 25.0 Å². The molecule has 0 fully saturated rings. The van der Waals surface area contributed by atoms with E-state index in [0.717, 1.165) is 12.0 Å². The van der Waals surface area contributed by atoms with Gasteiger partial charge in [0.2, 0.25) is 0 Å². The summed E-state index contributed by atoms with van der Waals surface area (Å²) in [5.41, 5.74) is 8.06. The lowest BCUT2D eigenvalue weighted by Crippen LogP contribution is -2.45. The Morgan fingerprint density at radius 1 is 0.824 bits per heavy atom. The highest BCUT2D eigenvalue weighted by Gasteiger charge is 2.23. The van der Waals surface area contributed by atoms with Gasteiger partial charge >= 0.3 is 0 Å². The molecular weight excluding hydrogens is 428 g/mol. The number of nitrogens with one attached hydrogen (secondary N) is 2. The molecule has 1 atom stereocenters. The molecule has 186 valence electrons. The zero-order chi connectivity index (χ0) is 25.5. The van der Waals surface area contributed by atoms with Gasteiger partial charge in [-0.1, -0.05) is 79.7 Å². The summed E-state index contributed by atoms with van der Waals surface area (Å²) in [6, 6.07) is 13.8. The maximum absolute atomic E-state index is 12.2. The van der Waals surface area contributed by atoms with Crippen molar-refractivity contribution in [2.75, 3.05) is 13.2 Å². The van der Waals surface area contributed by atoms with E-state index in [1.165, 1.54) is 11.1 Å². The molecule has 1 unspecified atom stereocenters. The molecule has 6 heteroatoms. The van der Waals surface area contributed by atoms with E-state index >= 15 is 0 Å². The van der Waals surface area contributed by atoms with Crippen molar-refractivity contribution in [3.63, 3.8) is 0 Å². The standard InChI is InChI=1S/C28H40N2O4/c1-9-19(2)20-10-13-22(14-11-20)33-17-25(31)29-30-26(32)18-34-24-15-12-21(27(3,4)5)16-23(24)28(6,7)8/h10-16,19H,9,17-18H2,1-8H3,(H,29,31)(H,30,32). The van der Waals surface area contributed by atoms with E-state index in [1.807, 2.05) is 36.4 Å². The first kappa shape index (κ1) is 27.2. The summed E-state index contributed by atoms with van der Waals surface area (Å²) < 4.78 is 11.3. The zero-order valence-electron chi connectivity index (χ0n) is 21.9. The van der Waals surface area contributed by atoms with Crippen molar-refractivity contribution in [1.29, 1.82) is 0 Å². The number of amides is 2. The molecule has 2 aromatic rings. The third-order valence-corrected chi connectivity index (χ3v) is 5.79. The molecule has 2 rings (SSSR count). The molecule has 0 spiro atoms. The lowest BCUT2D eigenvalue weighted by Gasteiger charge is -2.27. The summed E-state index contributed by atoms with van der Waals surface area (Å²) in [6.07, 6.45) is 1.06. The second-order valence-corrected chi connectivity index (χ2v) is 10.8. The van der Waals surface area contributed by atoms with Crippen LogP contribution in [0.3, 0.4) is 0 Å². The third-order valence-electron chi connectivity index (χ3n) is 5.79. The molecule has 2 aromatic carbocycles. The Morgan fingerprint density at radius 3 is 1.88 bits per heavy atom. The van der Waals surface area contributed by atoms with Crippen molar-refractivity contribution >= 4 is 11.8 Å². The predicted octanol–water partition coefficient (Wildman–Crippen LogP) is 5.40. The monoisotopic (exact) mass is 468 g/mol. The van der Waals surface area contributed by atoms with Gasteiger partial charge in [0.15, 0.2) is 13.2 Å².